The van der Waals surface area contributed by atoms with Crippen LogP contribution in [-0.4, -0.2) is 28.8 Å². The molecule has 0 aliphatic carbocycles. The second-order valence-corrected chi connectivity index (χ2v) is 5.15. The maximum absolute atomic E-state index is 12.1. The van der Waals surface area contributed by atoms with E-state index in [1.165, 1.54) is 12.1 Å². The molecule has 0 bridgehead atoms. The zero-order chi connectivity index (χ0) is 17.3. The van der Waals surface area contributed by atoms with E-state index >= 15 is 0 Å². The van der Waals surface area contributed by atoms with Gasteiger partial charge in [0.1, 0.15) is 0 Å². The second kappa shape index (κ2) is 5.96. The summed E-state index contributed by atoms with van der Waals surface area (Å²) in [6.07, 6.45) is 0. The quantitative estimate of drug-likeness (QED) is 0.670. The van der Waals surface area contributed by atoms with Gasteiger partial charge in [0.15, 0.2) is 0 Å². The molecule has 0 saturated carbocycles. The van der Waals surface area contributed by atoms with Crippen molar-refractivity contribution in [1.82, 2.24) is 5.06 Å². The summed E-state index contributed by atoms with van der Waals surface area (Å²) in [6, 6.07) is 12.8. The first-order valence-corrected chi connectivity index (χ1v) is 7.05. The Morgan fingerprint density at radius 1 is 0.917 bits per heavy atom. The van der Waals surface area contributed by atoms with Gasteiger partial charge in [0.2, 0.25) is 0 Å². The van der Waals surface area contributed by atoms with Gasteiger partial charge in [-0.15, -0.1) is 0 Å². The van der Waals surface area contributed by atoms with Gasteiger partial charge in [-0.25, -0.2) is 4.79 Å². The van der Waals surface area contributed by atoms with Gasteiger partial charge in [-0.3, -0.25) is 14.4 Å². The molecule has 120 valence electrons. The molecule has 0 spiro atoms. The van der Waals surface area contributed by atoms with Gasteiger partial charge in [-0.1, -0.05) is 34.9 Å². The molecule has 24 heavy (non-hydrogen) atoms. The maximum atomic E-state index is 12.1. The second-order valence-electron chi connectivity index (χ2n) is 5.15. The highest BCUT2D eigenvalue weighted by Crippen LogP contribution is 2.22. The summed E-state index contributed by atoms with van der Waals surface area (Å²) in [5, 5.41) is 2.62. The van der Waals surface area contributed by atoms with Crippen LogP contribution in [0.25, 0.3) is 0 Å². The molecule has 0 radical (unpaired) electrons. The highest BCUT2D eigenvalue weighted by molar-refractivity contribution is 6.37. The minimum atomic E-state index is -1.36. The van der Waals surface area contributed by atoms with E-state index in [-0.39, 0.29) is 11.1 Å². The first-order chi connectivity index (χ1) is 11.5. The van der Waals surface area contributed by atoms with Crippen LogP contribution >= 0.6 is 0 Å². The van der Waals surface area contributed by atoms with E-state index < -0.39 is 23.7 Å². The van der Waals surface area contributed by atoms with Crippen molar-refractivity contribution < 1.29 is 24.0 Å². The molecule has 0 fully saturated rings. The van der Waals surface area contributed by atoms with Crippen LogP contribution in [0.4, 0.5) is 5.69 Å². The summed E-state index contributed by atoms with van der Waals surface area (Å²) in [5.74, 6) is -4.01. The van der Waals surface area contributed by atoms with E-state index in [2.05, 4.69) is 10.2 Å². The molecule has 7 nitrogen and oxygen atoms in total. The van der Waals surface area contributed by atoms with Crippen molar-refractivity contribution >= 4 is 29.4 Å². The monoisotopic (exact) mass is 324 g/mol. The molecule has 1 aliphatic rings. The van der Waals surface area contributed by atoms with Crippen LogP contribution in [-0.2, 0) is 14.4 Å². The molecule has 1 aliphatic heterocycles. The topological polar surface area (TPSA) is 92.8 Å². The molecular formula is C17H12N2O5. The Kier molecular flexibility index (Phi) is 3.83. The number of fused-ring (bicyclic) bond motifs is 1. The number of carbonyl (C=O) groups excluding carboxylic acids is 4. The minimum absolute atomic E-state index is 0.120. The summed E-state index contributed by atoms with van der Waals surface area (Å²) in [5.41, 5.74) is 1.62. The Labute approximate surface area is 136 Å². The zero-order valence-corrected chi connectivity index (χ0v) is 12.6. The summed E-state index contributed by atoms with van der Waals surface area (Å²) in [7, 11) is 0. The molecule has 3 amide bonds. The van der Waals surface area contributed by atoms with E-state index in [4.69, 9.17) is 0 Å². The summed E-state index contributed by atoms with van der Waals surface area (Å²) < 4.78 is 0. The van der Waals surface area contributed by atoms with E-state index in [0.717, 1.165) is 5.56 Å². The highest BCUT2D eigenvalue weighted by Gasteiger charge is 2.39. The third-order valence-corrected chi connectivity index (χ3v) is 3.43. The van der Waals surface area contributed by atoms with Crippen LogP contribution in [0.15, 0.2) is 48.5 Å². The molecule has 0 saturated heterocycles. The van der Waals surface area contributed by atoms with Crippen molar-refractivity contribution in [2.45, 2.75) is 6.92 Å². The van der Waals surface area contributed by atoms with Crippen molar-refractivity contribution in [1.29, 1.82) is 0 Å². The number of amides is 3. The number of rotatable bonds is 2. The van der Waals surface area contributed by atoms with Crippen molar-refractivity contribution in [3.63, 3.8) is 0 Å². The summed E-state index contributed by atoms with van der Waals surface area (Å²) in [4.78, 5) is 52.4. The van der Waals surface area contributed by atoms with Crippen molar-refractivity contribution in [2.24, 2.45) is 0 Å². The SMILES string of the molecule is Cc1ccc(NC(=O)C(=O)ON2C(=O)c3ccccc3C2=O)cc1. The smallest absolute Gasteiger partial charge is 0.320 e. The normalized spacial score (nSPS) is 12.8. The van der Waals surface area contributed by atoms with Crippen LogP contribution in [0.3, 0.4) is 0 Å². The fraction of sp³-hybridized carbons (Fsp3) is 0.0588. The van der Waals surface area contributed by atoms with Gasteiger partial charge in [-0.05, 0) is 31.2 Å². The van der Waals surface area contributed by atoms with Crippen LogP contribution in [0, 0.1) is 6.92 Å². The van der Waals surface area contributed by atoms with Crippen LogP contribution in [0.1, 0.15) is 26.3 Å². The molecule has 1 N–H and O–H groups in total. The van der Waals surface area contributed by atoms with E-state index in [0.29, 0.717) is 10.8 Å². The number of nitrogens with one attached hydrogen (secondary N) is 1. The van der Waals surface area contributed by atoms with Gasteiger partial charge in [0.05, 0.1) is 11.1 Å². The largest absolute Gasteiger partial charge is 0.421 e. The van der Waals surface area contributed by atoms with Crippen LogP contribution in [0.2, 0.25) is 0 Å². The van der Waals surface area contributed by atoms with E-state index in [1.807, 2.05) is 6.92 Å². The molecule has 3 rings (SSSR count). The minimum Gasteiger partial charge on any atom is -0.320 e. The lowest BCUT2D eigenvalue weighted by Gasteiger charge is -2.12. The first-order valence-electron chi connectivity index (χ1n) is 7.05. The molecule has 0 unspecified atom stereocenters. The Bertz CT molecular complexity index is 823. The average molecular weight is 324 g/mol. The van der Waals surface area contributed by atoms with E-state index in [9.17, 15) is 19.2 Å². The van der Waals surface area contributed by atoms with Gasteiger partial charge in [0, 0.05) is 5.69 Å². The van der Waals surface area contributed by atoms with Crippen LogP contribution < -0.4 is 5.32 Å². The lowest BCUT2D eigenvalue weighted by atomic mass is 10.1. The Hall–Kier alpha value is -3.48. The lowest BCUT2D eigenvalue weighted by Crippen LogP contribution is -2.37. The number of imide groups is 1. The number of anilines is 1. The number of nitrogens with zero attached hydrogens (tertiary/aromatic N) is 1. The molecule has 2 aromatic rings. The number of hydroxylamine groups is 2. The Morgan fingerprint density at radius 3 is 2.00 bits per heavy atom. The van der Waals surface area contributed by atoms with Crippen LogP contribution in [0.5, 0.6) is 0 Å². The molecule has 0 atom stereocenters. The fourth-order valence-corrected chi connectivity index (χ4v) is 2.19. The van der Waals surface area contributed by atoms with Crippen molar-refractivity contribution in [3.05, 3.63) is 65.2 Å². The van der Waals surface area contributed by atoms with Gasteiger partial charge >= 0.3 is 11.9 Å². The highest BCUT2D eigenvalue weighted by atomic mass is 16.7. The molecule has 7 heteroatoms. The molecule has 2 aromatic carbocycles. The van der Waals surface area contributed by atoms with Gasteiger partial charge < -0.3 is 10.2 Å². The number of benzene rings is 2. The summed E-state index contributed by atoms with van der Waals surface area (Å²) >= 11 is 0. The number of hydrogen-bond acceptors (Lipinski definition) is 5. The predicted molar refractivity (Wildman–Crippen MR) is 82.8 cm³/mol. The third-order valence-electron chi connectivity index (χ3n) is 3.43. The van der Waals surface area contributed by atoms with E-state index in [1.54, 1.807) is 36.4 Å². The molecular weight excluding hydrogens is 312 g/mol. The number of aryl methyl sites for hydroxylation is 1. The zero-order valence-electron chi connectivity index (χ0n) is 12.6. The first kappa shape index (κ1) is 15.4. The standard InChI is InChI=1S/C17H12N2O5/c1-10-6-8-11(9-7-10)18-14(20)17(23)24-19-15(21)12-4-2-3-5-13(12)16(19)22/h2-9H,1H3,(H,18,20). The molecule has 1 heterocycles. The maximum Gasteiger partial charge on any atom is 0.421 e. The third kappa shape index (κ3) is 2.74. The van der Waals surface area contributed by atoms with Crippen molar-refractivity contribution in [2.75, 3.05) is 5.32 Å². The number of hydrogen-bond donors (Lipinski definition) is 1. The predicted octanol–water partition coefficient (Wildman–Crippen LogP) is 1.69. The Morgan fingerprint density at radius 2 is 1.46 bits per heavy atom. The Balaban J connectivity index is 1.69. The fourth-order valence-electron chi connectivity index (χ4n) is 2.19. The van der Waals surface area contributed by atoms with Gasteiger partial charge in [-0.2, -0.15) is 0 Å². The number of carbonyl (C=O) groups is 4. The lowest BCUT2D eigenvalue weighted by molar-refractivity contribution is -0.172. The average Bonchev–Trinajstić information content (AvgIpc) is 2.82. The summed E-state index contributed by atoms with van der Waals surface area (Å²) in [6.45, 7) is 1.88. The van der Waals surface area contributed by atoms with Crippen molar-refractivity contribution in [3.8, 4) is 0 Å². The van der Waals surface area contributed by atoms with Gasteiger partial charge in [0.25, 0.3) is 11.8 Å². The molecule has 0 aromatic heterocycles.